The van der Waals surface area contributed by atoms with Gasteiger partial charge in [0.05, 0.1) is 17.6 Å². The summed E-state index contributed by atoms with van der Waals surface area (Å²) in [7, 11) is 0. The molecule has 0 saturated carbocycles. The number of aromatic nitrogens is 2. The molecule has 0 N–H and O–H groups in total. The van der Waals surface area contributed by atoms with Gasteiger partial charge < -0.3 is 4.90 Å². The molecule has 1 unspecified atom stereocenters. The van der Waals surface area contributed by atoms with Crippen LogP contribution in [0.15, 0.2) is 24.5 Å². The van der Waals surface area contributed by atoms with Crippen LogP contribution in [0.1, 0.15) is 32.3 Å². The molecule has 1 aliphatic rings. The summed E-state index contributed by atoms with van der Waals surface area (Å²) >= 11 is 5.66. The Bertz CT molecular complexity index is 752. The number of rotatable bonds is 5. The third-order valence-corrected chi connectivity index (χ3v) is 4.30. The second kappa shape index (κ2) is 6.59. The van der Waals surface area contributed by atoms with Gasteiger partial charge in [-0.05, 0) is 24.5 Å². The number of halogens is 4. The lowest BCUT2D eigenvalue weighted by atomic mass is 10.1. The van der Waals surface area contributed by atoms with Gasteiger partial charge in [0.1, 0.15) is 0 Å². The summed E-state index contributed by atoms with van der Waals surface area (Å²) in [5, 5.41) is -0.306. The first-order valence-electron chi connectivity index (χ1n) is 7.73. The summed E-state index contributed by atoms with van der Waals surface area (Å²) in [6.45, 7) is 4.94. The number of alkyl halides is 2. The molecule has 0 aromatic carbocycles. The topological polar surface area (TPSA) is 28.8 Å². The maximum atomic E-state index is 14.1. The summed E-state index contributed by atoms with van der Waals surface area (Å²) in [5.74, 6) is -0.265. The standard InChI is InChI=1S/C17H17ClF3N3/c1-9(2)5-10-8-24(10)14-7-23-13(6-12(14)17(20)21)11-3-4-22-16(18)15(11)19/h3-4,6-7,9-10,17H,5,8H2,1-2H3. The molecule has 1 fully saturated rings. The van der Waals surface area contributed by atoms with E-state index >= 15 is 0 Å². The van der Waals surface area contributed by atoms with Crippen molar-refractivity contribution >= 4 is 17.3 Å². The predicted molar refractivity (Wildman–Crippen MR) is 88.0 cm³/mol. The average Bonchev–Trinajstić information content (AvgIpc) is 3.27. The Kier molecular flexibility index (Phi) is 4.67. The van der Waals surface area contributed by atoms with E-state index in [1.165, 1.54) is 24.5 Å². The molecule has 0 spiro atoms. The summed E-state index contributed by atoms with van der Waals surface area (Å²) in [4.78, 5) is 9.70. The third-order valence-electron chi connectivity index (χ3n) is 4.04. The van der Waals surface area contributed by atoms with Crippen LogP contribution in [0.25, 0.3) is 11.3 Å². The van der Waals surface area contributed by atoms with Crippen LogP contribution in [0, 0.1) is 11.7 Å². The van der Waals surface area contributed by atoms with Gasteiger partial charge >= 0.3 is 0 Å². The van der Waals surface area contributed by atoms with Crippen LogP contribution in [0.4, 0.5) is 18.9 Å². The fourth-order valence-electron chi connectivity index (χ4n) is 2.86. The highest BCUT2D eigenvalue weighted by atomic mass is 35.5. The van der Waals surface area contributed by atoms with Crippen molar-refractivity contribution in [1.82, 2.24) is 9.97 Å². The molecule has 24 heavy (non-hydrogen) atoms. The van der Waals surface area contributed by atoms with Crippen molar-refractivity contribution < 1.29 is 13.2 Å². The molecule has 3 heterocycles. The van der Waals surface area contributed by atoms with Crippen molar-refractivity contribution in [3.05, 3.63) is 41.1 Å². The van der Waals surface area contributed by atoms with Gasteiger partial charge in [0, 0.05) is 29.9 Å². The average molecular weight is 356 g/mol. The van der Waals surface area contributed by atoms with E-state index in [9.17, 15) is 13.2 Å². The normalized spacial score (nSPS) is 17.0. The van der Waals surface area contributed by atoms with E-state index in [0.29, 0.717) is 11.6 Å². The smallest absolute Gasteiger partial charge is 0.265 e. The molecule has 1 atom stereocenters. The zero-order valence-electron chi connectivity index (χ0n) is 13.3. The van der Waals surface area contributed by atoms with E-state index in [2.05, 4.69) is 23.8 Å². The molecule has 0 bridgehead atoms. The van der Waals surface area contributed by atoms with Gasteiger partial charge in [0.25, 0.3) is 6.43 Å². The van der Waals surface area contributed by atoms with E-state index in [4.69, 9.17) is 11.6 Å². The quantitative estimate of drug-likeness (QED) is 0.551. The van der Waals surface area contributed by atoms with Crippen molar-refractivity contribution in [2.45, 2.75) is 32.7 Å². The van der Waals surface area contributed by atoms with Gasteiger partial charge in [-0.3, -0.25) is 4.98 Å². The Morgan fingerprint density at radius 1 is 1.33 bits per heavy atom. The van der Waals surface area contributed by atoms with Gasteiger partial charge in [-0.1, -0.05) is 25.4 Å². The Hall–Kier alpha value is -1.82. The lowest BCUT2D eigenvalue weighted by Gasteiger charge is -2.14. The summed E-state index contributed by atoms with van der Waals surface area (Å²) in [6, 6.07) is 2.87. The van der Waals surface area contributed by atoms with Gasteiger partial charge in [-0.2, -0.15) is 0 Å². The lowest BCUT2D eigenvalue weighted by Crippen LogP contribution is -2.06. The van der Waals surface area contributed by atoms with Crippen molar-refractivity contribution in [2.75, 3.05) is 11.4 Å². The van der Waals surface area contributed by atoms with Crippen LogP contribution in [-0.2, 0) is 0 Å². The molecule has 3 rings (SSSR count). The predicted octanol–water partition coefficient (Wildman–Crippen LogP) is 5.11. The summed E-state index contributed by atoms with van der Waals surface area (Å²) in [6.07, 6.45) is 0.994. The monoisotopic (exact) mass is 355 g/mol. The molecular weight excluding hydrogens is 339 g/mol. The van der Waals surface area contributed by atoms with Crippen LogP contribution < -0.4 is 4.90 Å². The van der Waals surface area contributed by atoms with Gasteiger partial charge in [0.2, 0.25) is 0 Å². The summed E-state index contributed by atoms with van der Waals surface area (Å²) < 4.78 is 41.1. The Morgan fingerprint density at radius 3 is 2.75 bits per heavy atom. The van der Waals surface area contributed by atoms with Gasteiger partial charge in [-0.15, -0.1) is 0 Å². The van der Waals surface area contributed by atoms with Crippen LogP contribution in [0.2, 0.25) is 5.15 Å². The van der Waals surface area contributed by atoms with E-state index in [1.807, 2.05) is 4.90 Å². The van der Waals surface area contributed by atoms with Crippen molar-refractivity contribution in [2.24, 2.45) is 5.92 Å². The lowest BCUT2D eigenvalue weighted by molar-refractivity contribution is 0.152. The minimum Gasteiger partial charge on any atom is -0.363 e. The zero-order chi connectivity index (χ0) is 17.4. The molecule has 2 aromatic heterocycles. The van der Waals surface area contributed by atoms with E-state index in [-0.39, 0.29) is 28.0 Å². The van der Waals surface area contributed by atoms with Crippen LogP contribution in [0.5, 0.6) is 0 Å². The number of hydrogen-bond donors (Lipinski definition) is 0. The Balaban J connectivity index is 1.95. The molecule has 1 aliphatic heterocycles. The van der Waals surface area contributed by atoms with Gasteiger partial charge in [0.15, 0.2) is 11.0 Å². The number of anilines is 1. The highest BCUT2D eigenvalue weighted by Gasteiger charge is 2.37. The minimum absolute atomic E-state index is 0.0629. The zero-order valence-corrected chi connectivity index (χ0v) is 14.1. The summed E-state index contributed by atoms with van der Waals surface area (Å²) in [5.41, 5.74) is 0.463. The maximum absolute atomic E-state index is 14.1. The fraction of sp³-hybridized carbons (Fsp3) is 0.412. The highest BCUT2D eigenvalue weighted by molar-refractivity contribution is 6.29. The molecule has 0 aliphatic carbocycles. The Morgan fingerprint density at radius 2 is 2.08 bits per heavy atom. The van der Waals surface area contributed by atoms with Crippen LogP contribution >= 0.6 is 11.6 Å². The number of nitrogens with zero attached hydrogens (tertiary/aromatic N) is 3. The van der Waals surface area contributed by atoms with Crippen molar-refractivity contribution in [1.29, 1.82) is 0 Å². The highest BCUT2D eigenvalue weighted by Crippen LogP contribution is 2.39. The largest absolute Gasteiger partial charge is 0.363 e. The SMILES string of the molecule is CC(C)CC1CN1c1cnc(-c2ccnc(Cl)c2F)cc1C(F)F. The molecule has 0 radical (unpaired) electrons. The van der Waals surface area contributed by atoms with Crippen LogP contribution in [-0.4, -0.2) is 22.6 Å². The van der Waals surface area contributed by atoms with Gasteiger partial charge in [-0.25, -0.2) is 18.2 Å². The first-order valence-corrected chi connectivity index (χ1v) is 8.11. The molecule has 1 saturated heterocycles. The molecule has 3 nitrogen and oxygen atoms in total. The number of pyridine rings is 2. The molecule has 7 heteroatoms. The molecule has 0 amide bonds. The molecule has 2 aromatic rings. The Labute approximate surface area is 143 Å². The maximum Gasteiger partial charge on any atom is 0.265 e. The minimum atomic E-state index is -2.66. The fourth-order valence-corrected chi connectivity index (χ4v) is 3.02. The van der Waals surface area contributed by atoms with E-state index in [0.717, 1.165) is 13.0 Å². The second-order valence-corrected chi connectivity index (χ2v) is 6.69. The number of hydrogen-bond acceptors (Lipinski definition) is 3. The second-order valence-electron chi connectivity index (χ2n) is 6.33. The van der Waals surface area contributed by atoms with Crippen LogP contribution in [0.3, 0.4) is 0 Å². The van der Waals surface area contributed by atoms with Crippen molar-refractivity contribution in [3.63, 3.8) is 0 Å². The van der Waals surface area contributed by atoms with E-state index in [1.54, 1.807) is 0 Å². The molecular formula is C17H17ClF3N3. The van der Waals surface area contributed by atoms with Crippen molar-refractivity contribution in [3.8, 4) is 11.3 Å². The molecule has 128 valence electrons. The first kappa shape index (κ1) is 17.0. The first-order chi connectivity index (χ1) is 11.4. The third kappa shape index (κ3) is 3.34. The van der Waals surface area contributed by atoms with E-state index < -0.39 is 12.2 Å².